The van der Waals surface area contributed by atoms with E-state index in [1.54, 1.807) is 0 Å². The third-order valence-corrected chi connectivity index (χ3v) is 10.3. The van der Waals surface area contributed by atoms with Crippen LogP contribution in [0.25, 0.3) is 76.9 Å². The highest BCUT2D eigenvalue weighted by Gasteiger charge is 2.35. The van der Waals surface area contributed by atoms with Crippen molar-refractivity contribution >= 4 is 54.4 Å². The lowest BCUT2D eigenvalue weighted by atomic mass is 9.68. The molecule has 0 unspecified atom stereocenters. The predicted octanol–water partition coefficient (Wildman–Crippen LogP) is 11.3. The molecule has 7 aromatic carbocycles. The molecule has 0 saturated carbocycles. The molecule has 2 aromatic heterocycles. The lowest BCUT2D eigenvalue weighted by molar-refractivity contribution is 0.645. The number of rotatable bonds is 2. The van der Waals surface area contributed by atoms with E-state index >= 15 is 0 Å². The largest absolute Gasteiger partial charge is 0.309 e. The molecule has 10 rings (SSSR count). The first-order valence-electron chi connectivity index (χ1n) is 15.8. The Morgan fingerprint density at radius 1 is 0.422 bits per heavy atom. The van der Waals surface area contributed by atoms with Gasteiger partial charge in [0, 0.05) is 43.9 Å². The van der Waals surface area contributed by atoms with Crippen molar-refractivity contribution in [3.8, 4) is 22.5 Å². The number of aromatic nitrogens is 2. The van der Waals surface area contributed by atoms with Crippen LogP contribution in [0.1, 0.15) is 25.0 Å². The molecule has 45 heavy (non-hydrogen) atoms. The zero-order chi connectivity index (χ0) is 29.9. The molecule has 0 saturated heterocycles. The van der Waals surface area contributed by atoms with Crippen molar-refractivity contribution < 1.29 is 0 Å². The molecule has 9 aromatic rings. The van der Waals surface area contributed by atoms with Crippen LogP contribution in [-0.4, -0.2) is 9.13 Å². The van der Waals surface area contributed by atoms with E-state index in [9.17, 15) is 0 Å². The van der Waals surface area contributed by atoms with Crippen LogP contribution >= 0.6 is 0 Å². The summed E-state index contributed by atoms with van der Waals surface area (Å²) in [7, 11) is 0. The van der Waals surface area contributed by atoms with E-state index < -0.39 is 0 Å². The Morgan fingerprint density at radius 3 is 1.60 bits per heavy atom. The van der Waals surface area contributed by atoms with Gasteiger partial charge in [0.15, 0.2) is 0 Å². The van der Waals surface area contributed by atoms with Crippen molar-refractivity contribution in [3.63, 3.8) is 0 Å². The van der Waals surface area contributed by atoms with Gasteiger partial charge in [-0.25, -0.2) is 0 Å². The summed E-state index contributed by atoms with van der Waals surface area (Å²) >= 11 is 0. The molecule has 2 nitrogen and oxygen atoms in total. The van der Waals surface area contributed by atoms with Crippen LogP contribution in [-0.2, 0) is 5.41 Å². The van der Waals surface area contributed by atoms with Crippen molar-refractivity contribution in [3.05, 3.63) is 157 Å². The Labute approximate surface area is 261 Å². The summed E-state index contributed by atoms with van der Waals surface area (Å²) in [4.78, 5) is 0. The maximum Gasteiger partial charge on any atom is 0.0553 e. The Hall–Kier alpha value is -5.60. The number of nitrogens with zero attached hydrogens (tertiary/aromatic N) is 2. The Morgan fingerprint density at radius 2 is 0.933 bits per heavy atom. The Balaban J connectivity index is 1.27. The molecular formula is C43H30N2. The van der Waals surface area contributed by atoms with Crippen molar-refractivity contribution in [1.29, 1.82) is 0 Å². The standard InChI is InChI=1S/C43H30N2/c1-43(2)34-17-7-3-15-32(34)42-40-27(12-11-18-35(40)43)26-39-41(42)33-16-6-10-21-38(33)45(39)29-24-22-28(23-25-29)44-36-19-8-4-13-30(36)31-14-5-9-20-37(31)44/h3-26H,1-2H3. The van der Waals surface area contributed by atoms with Gasteiger partial charge in [-0.3, -0.25) is 0 Å². The molecule has 0 radical (unpaired) electrons. The van der Waals surface area contributed by atoms with Crippen LogP contribution in [0.15, 0.2) is 146 Å². The van der Waals surface area contributed by atoms with E-state index in [1.165, 1.54) is 82.3 Å². The maximum absolute atomic E-state index is 2.46. The predicted molar refractivity (Wildman–Crippen MR) is 190 cm³/mol. The highest BCUT2D eigenvalue weighted by atomic mass is 15.0. The first-order valence-corrected chi connectivity index (χ1v) is 15.8. The van der Waals surface area contributed by atoms with Crippen LogP contribution in [0.5, 0.6) is 0 Å². The summed E-state index contributed by atoms with van der Waals surface area (Å²) in [5.41, 5.74) is 12.7. The summed E-state index contributed by atoms with van der Waals surface area (Å²) in [5.74, 6) is 0. The molecule has 0 N–H and O–H groups in total. The van der Waals surface area contributed by atoms with E-state index in [0.29, 0.717) is 0 Å². The first-order chi connectivity index (χ1) is 22.1. The molecule has 2 heteroatoms. The second-order valence-electron chi connectivity index (χ2n) is 13.0. The molecule has 212 valence electrons. The van der Waals surface area contributed by atoms with Gasteiger partial charge in [0.05, 0.1) is 22.1 Å². The van der Waals surface area contributed by atoms with Crippen molar-refractivity contribution in [2.24, 2.45) is 0 Å². The summed E-state index contributed by atoms with van der Waals surface area (Å²) < 4.78 is 4.85. The second-order valence-corrected chi connectivity index (χ2v) is 13.0. The highest BCUT2D eigenvalue weighted by molar-refractivity contribution is 6.24. The van der Waals surface area contributed by atoms with Gasteiger partial charge in [-0.2, -0.15) is 0 Å². The first kappa shape index (κ1) is 24.8. The van der Waals surface area contributed by atoms with E-state index in [-0.39, 0.29) is 5.41 Å². The minimum absolute atomic E-state index is 0.0716. The molecule has 0 atom stereocenters. The van der Waals surface area contributed by atoms with E-state index in [1.807, 2.05) is 0 Å². The van der Waals surface area contributed by atoms with E-state index in [2.05, 4.69) is 169 Å². The van der Waals surface area contributed by atoms with Gasteiger partial charge in [0.1, 0.15) is 0 Å². The number of fused-ring (bicyclic) bond motifs is 9. The normalized spacial score (nSPS) is 13.7. The van der Waals surface area contributed by atoms with Gasteiger partial charge in [-0.05, 0) is 76.0 Å². The SMILES string of the molecule is CC1(C)c2ccccc2-c2c3c1cccc3cc1c2c2ccccc2n1-c1ccc(-n2c3ccccc3c3ccccc32)cc1. The highest BCUT2D eigenvalue weighted by Crippen LogP contribution is 2.52. The zero-order valence-electron chi connectivity index (χ0n) is 25.3. The minimum Gasteiger partial charge on any atom is -0.309 e. The van der Waals surface area contributed by atoms with Crippen LogP contribution in [0, 0.1) is 0 Å². The van der Waals surface area contributed by atoms with E-state index in [4.69, 9.17) is 0 Å². The summed E-state index contributed by atoms with van der Waals surface area (Å²) in [6.07, 6.45) is 0. The van der Waals surface area contributed by atoms with Crippen LogP contribution in [0.4, 0.5) is 0 Å². The lowest BCUT2D eigenvalue weighted by Crippen LogP contribution is -2.23. The van der Waals surface area contributed by atoms with Gasteiger partial charge >= 0.3 is 0 Å². The van der Waals surface area contributed by atoms with Gasteiger partial charge in [0.25, 0.3) is 0 Å². The van der Waals surface area contributed by atoms with Crippen molar-refractivity contribution in [1.82, 2.24) is 9.13 Å². The van der Waals surface area contributed by atoms with Crippen molar-refractivity contribution in [2.75, 3.05) is 0 Å². The molecule has 0 amide bonds. The van der Waals surface area contributed by atoms with Crippen LogP contribution < -0.4 is 0 Å². The molecular weight excluding hydrogens is 544 g/mol. The average molecular weight is 575 g/mol. The summed E-state index contributed by atoms with van der Waals surface area (Å²) in [6.45, 7) is 4.74. The summed E-state index contributed by atoms with van der Waals surface area (Å²) in [6, 6.07) is 53.8. The van der Waals surface area contributed by atoms with E-state index in [0.717, 1.165) is 5.69 Å². The molecule has 0 spiro atoms. The Kier molecular flexibility index (Phi) is 4.82. The Bertz CT molecular complexity index is 2610. The van der Waals surface area contributed by atoms with Crippen molar-refractivity contribution in [2.45, 2.75) is 19.3 Å². The third-order valence-electron chi connectivity index (χ3n) is 10.3. The average Bonchev–Trinajstić information content (AvgIpc) is 3.59. The van der Waals surface area contributed by atoms with Crippen LogP contribution in [0.2, 0.25) is 0 Å². The fourth-order valence-corrected chi connectivity index (χ4v) is 8.31. The molecule has 2 heterocycles. The van der Waals surface area contributed by atoms with Gasteiger partial charge in [-0.15, -0.1) is 0 Å². The number of para-hydroxylation sites is 3. The monoisotopic (exact) mass is 574 g/mol. The molecule has 0 bridgehead atoms. The minimum atomic E-state index is -0.0716. The third kappa shape index (κ3) is 3.18. The number of hydrogen-bond acceptors (Lipinski definition) is 0. The zero-order valence-corrected chi connectivity index (χ0v) is 25.3. The summed E-state index contributed by atoms with van der Waals surface area (Å²) in [5, 5.41) is 7.87. The lowest BCUT2D eigenvalue weighted by Gasteiger charge is -2.35. The molecule has 1 aliphatic rings. The van der Waals surface area contributed by atoms with Gasteiger partial charge in [0.2, 0.25) is 0 Å². The molecule has 1 aliphatic carbocycles. The van der Waals surface area contributed by atoms with Gasteiger partial charge in [-0.1, -0.05) is 111 Å². The smallest absolute Gasteiger partial charge is 0.0553 e. The number of hydrogen-bond donors (Lipinski definition) is 0. The van der Waals surface area contributed by atoms with Crippen LogP contribution in [0.3, 0.4) is 0 Å². The molecule has 0 fully saturated rings. The fraction of sp³-hybridized carbons (Fsp3) is 0.0698. The van der Waals surface area contributed by atoms with Gasteiger partial charge < -0.3 is 9.13 Å². The second kappa shape index (κ2) is 8.74. The quantitative estimate of drug-likeness (QED) is 0.194. The number of benzene rings is 7. The fourth-order valence-electron chi connectivity index (χ4n) is 8.31. The topological polar surface area (TPSA) is 9.86 Å². The molecule has 0 aliphatic heterocycles. The maximum atomic E-state index is 2.46.